The highest BCUT2D eigenvalue weighted by Crippen LogP contribution is 2.29. The van der Waals surface area contributed by atoms with E-state index in [1.807, 2.05) is 56.7 Å². The number of H-pyrrole nitrogens is 2. The molecule has 0 spiro atoms. The first-order chi connectivity index (χ1) is 15.6. The minimum absolute atomic E-state index is 0.830. The smallest absolute Gasteiger partial charge is 0.116 e. The number of rotatable bonds is 4. The van der Waals surface area contributed by atoms with Crippen LogP contribution in [-0.2, 0) is 0 Å². The van der Waals surface area contributed by atoms with Crippen LogP contribution in [0.5, 0.6) is 0 Å². The van der Waals surface area contributed by atoms with Gasteiger partial charge in [-0.2, -0.15) is 5.10 Å². The first kappa shape index (κ1) is 19.6. The van der Waals surface area contributed by atoms with Crippen molar-refractivity contribution in [3.8, 4) is 22.6 Å². The molecule has 0 aliphatic rings. The van der Waals surface area contributed by atoms with E-state index < -0.39 is 0 Å². The second-order valence-electron chi connectivity index (χ2n) is 7.65. The third kappa shape index (κ3) is 3.52. The number of hydrogen-bond acceptors (Lipinski definition) is 4. The Kier molecular flexibility index (Phi) is 4.95. The lowest BCUT2D eigenvalue weighted by molar-refractivity contribution is 1.06. The number of allylic oxidation sites excluding steroid dienone is 1. The molecule has 156 valence electrons. The normalized spacial score (nSPS) is 12.6. The Hall–Kier alpha value is -4.32. The van der Waals surface area contributed by atoms with Gasteiger partial charge in [-0.05, 0) is 67.0 Å². The van der Waals surface area contributed by atoms with E-state index in [4.69, 9.17) is 0 Å². The Balaban J connectivity index is 1.67. The molecule has 0 aromatic carbocycles. The summed E-state index contributed by atoms with van der Waals surface area (Å²) in [6.45, 7) is 8.28. The van der Waals surface area contributed by atoms with E-state index in [0.717, 1.165) is 60.8 Å². The van der Waals surface area contributed by atoms with Crippen LogP contribution in [0.2, 0.25) is 0 Å². The molecule has 5 aromatic rings. The maximum atomic E-state index is 4.61. The Morgan fingerprint density at radius 1 is 1.00 bits per heavy atom. The molecule has 32 heavy (non-hydrogen) atoms. The van der Waals surface area contributed by atoms with Crippen molar-refractivity contribution in [1.82, 2.24) is 30.1 Å². The zero-order chi connectivity index (χ0) is 22.1. The van der Waals surface area contributed by atoms with Gasteiger partial charge in [-0.15, -0.1) is 0 Å². The highest BCUT2D eigenvalue weighted by atomic mass is 15.1. The molecular weight excluding hydrogens is 396 g/mol. The predicted molar refractivity (Wildman–Crippen MR) is 129 cm³/mol. The summed E-state index contributed by atoms with van der Waals surface area (Å²) in [6, 6.07) is 10.1. The minimum Gasteiger partial charge on any atom is -0.353 e. The molecule has 2 N–H and O–H groups in total. The highest BCUT2D eigenvalue weighted by Gasteiger charge is 2.13. The van der Waals surface area contributed by atoms with Crippen molar-refractivity contribution in [3.63, 3.8) is 0 Å². The number of aromatic nitrogens is 6. The van der Waals surface area contributed by atoms with Gasteiger partial charge in [0, 0.05) is 52.7 Å². The Bertz CT molecular complexity index is 1560. The van der Waals surface area contributed by atoms with Gasteiger partial charge in [0.2, 0.25) is 0 Å². The Morgan fingerprint density at radius 3 is 2.62 bits per heavy atom. The van der Waals surface area contributed by atoms with E-state index in [0.29, 0.717) is 0 Å². The van der Waals surface area contributed by atoms with Crippen LogP contribution < -0.4 is 10.6 Å². The average molecular weight is 419 g/mol. The summed E-state index contributed by atoms with van der Waals surface area (Å²) in [4.78, 5) is 16.5. The van der Waals surface area contributed by atoms with Crippen molar-refractivity contribution < 1.29 is 0 Å². The summed E-state index contributed by atoms with van der Waals surface area (Å²) in [7, 11) is 0. The molecule has 0 aliphatic carbocycles. The zero-order valence-electron chi connectivity index (χ0n) is 17.9. The number of fused-ring (bicyclic) bond motifs is 1. The molecule has 5 rings (SSSR count). The topological polar surface area (TPSA) is 83.1 Å². The van der Waals surface area contributed by atoms with Gasteiger partial charge >= 0.3 is 0 Å². The lowest BCUT2D eigenvalue weighted by atomic mass is 10.1. The van der Waals surface area contributed by atoms with Crippen molar-refractivity contribution in [3.05, 3.63) is 89.6 Å². The van der Waals surface area contributed by atoms with Gasteiger partial charge < -0.3 is 4.98 Å². The van der Waals surface area contributed by atoms with E-state index in [1.54, 1.807) is 12.4 Å². The van der Waals surface area contributed by atoms with Crippen molar-refractivity contribution in [2.75, 3.05) is 0 Å². The standard InChI is InChI=1S/C26H22N6/c1-4-22-20(12-17(3)19-11-16(2)14-28-15-19)26(32-31-22)24-13-21-23(30-24)7-10-29-25(21)18-5-8-27-9-6-18/h4-15,30-31H,3H2,1-2H3/b20-12+,22-4+. The lowest BCUT2D eigenvalue weighted by Gasteiger charge is -2.01. The van der Waals surface area contributed by atoms with Gasteiger partial charge in [-0.1, -0.05) is 12.7 Å². The molecule has 0 unspecified atom stereocenters. The fourth-order valence-electron chi connectivity index (χ4n) is 3.84. The largest absolute Gasteiger partial charge is 0.353 e. The Morgan fingerprint density at radius 2 is 1.84 bits per heavy atom. The molecule has 0 bridgehead atoms. The first-order valence-corrected chi connectivity index (χ1v) is 10.4. The number of hydrogen-bond donors (Lipinski definition) is 2. The lowest BCUT2D eigenvalue weighted by Crippen LogP contribution is -2.23. The van der Waals surface area contributed by atoms with Crippen LogP contribution in [0.15, 0.2) is 67.9 Å². The zero-order valence-corrected chi connectivity index (χ0v) is 17.9. The van der Waals surface area contributed by atoms with Crippen molar-refractivity contribution >= 4 is 28.6 Å². The predicted octanol–water partition coefficient (Wildman–Crippen LogP) is 4.01. The van der Waals surface area contributed by atoms with Gasteiger partial charge in [-0.3, -0.25) is 20.1 Å². The SMILES string of the molecule is C=C(/C=c1/c(-c2cc3c(-c4ccncc4)nccc3[nH]2)n[nH]/c1=C/C)c1cncc(C)c1. The second kappa shape index (κ2) is 8.07. The van der Waals surface area contributed by atoms with E-state index in [2.05, 4.69) is 54.9 Å². The van der Waals surface area contributed by atoms with Gasteiger partial charge in [0.1, 0.15) is 5.69 Å². The third-order valence-electron chi connectivity index (χ3n) is 5.44. The van der Waals surface area contributed by atoms with Crippen molar-refractivity contribution in [2.24, 2.45) is 0 Å². The molecule has 0 aliphatic heterocycles. The van der Waals surface area contributed by atoms with Crippen LogP contribution in [0.1, 0.15) is 18.1 Å². The number of aryl methyl sites for hydroxylation is 1. The Labute approximate surface area is 185 Å². The van der Waals surface area contributed by atoms with E-state index in [-0.39, 0.29) is 0 Å². The van der Waals surface area contributed by atoms with Gasteiger partial charge in [0.25, 0.3) is 0 Å². The molecule has 0 radical (unpaired) electrons. The van der Waals surface area contributed by atoms with Crippen LogP contribution in [0.4, 0.5) is 0 Å². The molecule has 0 atom stereocenters. The molecule has 0 amide bonds. The highest BCUT2D eigenvalue weighted by molar-refractivity contribution is 5.96. The summed E-state index contributed by atoms with van der Waals surface area (Å²) in [5.74, 6) is 0. The molecule has 0 saturated heterocycles. The fourth-order valence-corrected chi connectivity index (χ4v) is 3.84. The third-order valence-corrected chi connectivity index (χ3v) is 5.44. The van der Waals surface area contributed by atoms with Crippen LogP contribution in [-0.4, -0.2) is 30.1 Å². The summed E-state index contributed by atoms with van der Waals surface area (Å²) in [5, 5.41) is 10.7. The number of nitrogens with one attached hydrogen (secondary N) is 2. The summed E-state index contributed by atoms with van der Waals surface area (Å²) in [5.41, 5.74) is 7.63. The van der Waals surface area contributed by atoms with Crippen molar-refractivity contribution in [2.45, 2.75) is 13.8 Å². The second-order valence-corrected chi connectivity index (χ2v) is 7.65. The van der Waals surface area contributed by atoms with E-state index in [1.165, 1.54) is 0 Å². The maximum Gasteiger partial charge on any atom is 0.116 e. The number of aromatic amines is 2. The molecular formula is C26H22N6. The van der Waals surface area contributed by atoms with Crippen LogP contribution in [0.25, 0.3) is 51.3 Å². The van der Waals surface area contributed by atoms with Gasteiger partial charge in [0.15, 0.2) is 0 Å². The van der Waals surface area contributed by atoms with Crippen LogP contribution in [0.3, 0.4) is 0 Å². The minimum atomic E-state index is 0.830. The van der Waals surface area contributed by atoms with E-state index in [9.17, 15) is 0 Å². The monoisotopic (exact) mass is 418 g/mol. The molecule has 5 aromatic heterocycles. The molecule has 0 fully saturated rings. The summed E-state index contributed by atoms with van der Waals surface area (Å²) >= 11 is 0. The van der Waals surface area contributed by atoms with Crippen molar-refractivity contribution in [1.29, 1.82) is 0 Å². The van der Waals surface area contributed by atoms with E-state index >= 15 is 0 Å². The number of nitrogens with zero attached hydrogens (tertiary/aromatic N) is 4. The fraction of sp³-hybridized carbons (Fsp3) is 0.0769. The summed E-state index contributed by atoms with van der Waals surface area (Å²) < 4.78 is 0. The van der Waals surface area contributed by atoms with Crippen LogP contribution >= 0.6 is 0 Å². The molecule has 6 heteroatoms. The average Bonchev–Trinajstić information content (AvgIpc) is 3.43. The molecule has 0 saturated carbocycles. The van der Waals surface area contributed by atoms with Gasteiger partial charge in [0.05, 0.1) is 16.7 Å². The summed E-state index contributed by atoms with van der Waals surface area (Å²) in [6.07, 6.45) is 13.1. The first-order valence-electron chi connectivity index (χ1n) is 10.4. The molecule has 5 heterocycles. The maximum absolute atomic E-state index is 4.61. The molecule has 6 nitrogen and oxygen atoms in total. The van der Waals surface area contributed by atoms with Crippen LogP contribution in [0, 0.1) is 6.92 Å². The quantitative estimate of drug-likeness (QED) is 0.462. The number of pyridine rings is 3. The van der Waals surface area contributed by atoms with Gasteiger partial charge in [-0.25, -0.2) is 0 Å².